The molecule has 2 amide bonds. The highest BCUT2D eigenvalue weighted by Crippen LogP contribution is 2.39. The maximum Gasteiger partial charge on any atom is 0.233 e. The van der Waals surface area contributed by atoms with Crippen LogP contribution in [0.5, 0.6) is 0 Å². The Kier molecular flexibility index (Phi) is 8.71. The standard InChI is InChI=1S/C29H36FN3O4/c1-21-7-6-10-24(19-21)29(28(36)33-15-17-37-18-16-33)11-13-32(14-12-29)26(30)20-25(31-22(2)34)27(35)23-8-4-3-5-9-23/h3-10,19,25-26H,11-18,20H2,1-2H3,(H,31,34). The molecule has 4 rings (SSSR count). The fourth-order valence-corrected chi connectivity index (χ4v) is 5.45. The Balaban J connectivity index is 1.50. The lowest BCUT2D eigenvalue weighted by molar-refractivity contribution is -0.144. The van der Waals surface area contributed by atoms with Crippen LogP contribution < -0.4 is 5.32 Å². The summed E-state index contributed by atoms with van der Waals surface area (Å²) < 4.78 is 21.1. The summed E-state index contributed by atoms with van der Waals surface area (Å²) in [6.45, 7) is 6.24. The van der Waals surface area contributed by atoms with Gasteiger partial charge in [0.25, 0.3) is 0 Å². The largest absolute Gasteiger partial charge is 0.378 e. The topological polar surface area (TPSA) is 79.0 Å². The lowest BCUT2D eigenvalue weighted by atomic mass is 9.71. The molecular formula is C29H36FN3O4. The van der Waals surface area contributed by atoms with Gasteiger partial charge >= 0.3 is 0 Å². The van der Waals surface area contributed by atoms with Crippen LogP contribution in [0.2, 0.25) is 0 Å². The fourth-order valence-electron chi connectivity index (χ4n) is 5.45. The van der Waals surface area contributed by atoms with E-state index in [9.17, 15) is 14.4 Å². The maximum atomic E-state index is 15.6. The van der Waals surface area contributed by atoms with Crippen molar-refractivity contribution in [3.8, 4) is 0 Å². The third-order valence-electron chi connectivity index (χ3n) is 7.51. The molecular weight excluding hydrogens is 473 g/mol. The van der Waals surface area contributed by atoms with Gasteiger partial charge in [0.15, 0.2) is 12.1 Å². The number of alkyl halides is 1. The van der Waals surface area contributed by atoms with E-state index in [1.165, 1.54) is 6.92 Å². The number of morpholine rings is 1. The molecule has 2 aliphatic heterocycles. The molecule has 2 unspecified atom stereocenters. The van der Waals surface area contributed by atoms with Crippen molar-refractivity contribution in [3.05, 3.63) is 71.3 Å². The summed E-state index contributed by atoms with van der Waals surface area (Å²) >= 11 is 0. The number of benzene rings is 2. The van der Waals surface area contributed by atoms with E-state index in [-0.39, 0.29) is 24.0 Å². The number of hydrogen-bond donors (Lipinski definition) is 1. The van der Waals surface area contributed by atoms with E-state index >= 15 is 4.39 Å². The van der Waals surface area contributed by atoms with Gasteiger partial charge in [0, 0.05) is 45.1 Å². The van der Waals surface area contributed by atoms with Crippen LogP contribution in [0.3, 0.4) is 0 Å². The number of ketones is 1. The number of hydrogen-bond acceptors (Lipinski definition) is 5. The van der Waals surface area contributed by atoms with Gasteiger partial charge in [0.2, 0.25) is 11.8 Å². The van der Waals surface area contributed by atoms with Gasteiger partial charge in [-0.15, -0.1) is 0 Å². The lowest BCUT2D eigenvalue weighted by Crippen LogP contribution is -2.56. The molecule has 2 saturated heterocycles. The van der Waals surface area contributed by atoms with Crippen LogP contribution in [0, 0.1) is 6.92 Å². The van der Waals surface area contributed by atoms with Crippen molar-refractivity contribution in [2.24, 2.45) is 0 Å². The summed E-state index contributed by atoms with van der Waals surface area (Å²) in [6, 6.07) is 15.7. The number of rotatable bonds is 8. The second kappa shape index (κ2) is 12.0. The van der Waals surface area contributed by atoms with E-state index in [4.69, 9.17) is 4.74 Å². The quantitative estimate of drug-likeness (QED) is 0.437. The smallest absolute Gasteiger partial charge is 0.233 e. The molecule has 8 heteroatoms. The molecule has 0 radical (unpaired) electrons. The molecule has 37 heavy (non-hydrogen) atoms. The van der Waals surface area contributed by atoms with Crippen molar-refractivity contribution in [2.45, 2.75) is 50.9 Å². The Morgan fingerprint density at radius 2 is 1.68 bits per heavy atom. The summed E-state index contributed by atoms with van der Waals surface area (Å²) in [5, 5.41) is 2.63. The molecule has 1 N–H and O–H groups in total. The van der Waals surface area contributed by atoms with E-state index in [1.54, 1.807) is 35.2 Å². The molecule has 0 spiro atoms. The SMILES string of the molecule is CC(=O)NC(CC(F)N1CCC(C(=O)N2CCOCC2)(c2cccc(C)c2)CC1)C(=O)c1ccccc1. The Bertz CT molecular complexity index is 1100. The minimum absolute atomic E-state index is 0.0758. The minimum Gasteiger partial charge on any atom is -0.378 e. The molecule has 2 fully saturated rings. The number of amides is 2. The van der Waals surface area contributed by atoms with Crippen molar-refractivity contribution >= 4 is 17.6 Å². The van der Waals surface area contributed by atoms with Crippen molar-refractivity contribution in [1.82, 2.24) is 15.1 Å². The number of likely N-dealkylation sites (tertiary alicyclic amines) is 1. The number of nitrogens with one attached hydrogen (secondary N) is 1. The molecule has 2 aromatic carbocycles. The zero-order valence-electron chi connectivity index (χ0n) is 21.6. The monoisotopic (exact) mass is 509 g/mol. The molecule has 2 heterocycles. The summed E-state index contributed by atoms with van der Waals surface area (Å²) in [5.41, 5.74) is 1.75. The second-order valence-corrected chi connectivity index (χ2v) is 10.0. The second-order valence-electron chi connectivity index (χ2n) is 10.0. The minimum atomic E-state index is -1.43. The van der Waals surface area contributed by atoms with Crippen LogP contribution >= 0.6 is 0 Å². The summed E-state index contributed by atoms with van der Waals surface area (Å²) in [4.78, 5) is 42.3. The predicted octanol–water partition coefficient (Wildman–Crippen LogP) is 3.26. The van der Waals surface area contributed by atoms with Gasteiger partial charge in [-0.3, -0.25) is 19.3 Å². The van der Waals surface area contributed by atoms with Gasteiger partial charge in [-0.2, -0.15) is 0 Å². The molecule has 0 aromatic heterocycles. The molecule has 2 aliphatic rings. The molecule has 7 nitrogen and oxygen atoms in total. The summed E-state index contributed by atoms with van der Waals surface area (Å²) in [7, 11) is 0. The normalized spacial score (nSPS) is 19.6. The zero-order chi connectivity index (χ0) is 26.4. The average Bonchev–Trinajstić information content (AvgIpc) is 2.92. The third kappa shape index (κ3) is 6.25. The van der Waals surface area contributed by atoms with Crippen LogP contribution in [0.4, 0.5) is 4.39 Å². The predicted molar refractivity (Wildman–Crippen MR) is 139 cm³/mol. The van der Waals surface area contributed by atoms with Crippen molar-refractivity contribution in [2.75, 3.05) is 39.4 Å². The highest BCUT2D eigenvalue weighted by Gasteiger charge is 2.46. The summed E-state index contributed by atoms with van der Waals surface area (Å²) in [5.74, 6) is -0.617. The molecule has 198 valence electrons. The highest BCUT2D eigenvalue weighted by atomic mass is 19.1. The van der Waals surface area contributed by atoms with Crippen LogP contribution in [0.15, 0.2) is 54.6 Å². The van der Waals surface area contributed by atoms with E-state index in [2.05, 4.69) is 11.4 Å². The zero-order valence-corrected chi connectivity index (χ0v) is 21.6. The Morgan fingerprint density at radius 1 is 1.00 bits per heavy atom. The van der Waals surface area contributed by atoms with E-state index in [0.717, 1.165) is 11.1 Å². The Morgan fingerprint density at radius 3 is 2.30 bits per heavy atom. The van der Waals surface area contributed by atoms with Gasteiger partial charge in [-0.25, -0.2) is 4.39 Å². The molecule has 0 aliphatic carbocycles. The van der Waals surface area contributed by atoms with E-state index < -0.39 is 17.8 Å². The number of halogens is 1. The first-order valence-corrected chi connectivity index (χ1v) is 13.0. The van der Waals surface area contributed by atoms with E-state index in [1.807, 2.05) is 30.0 Å². The molecule has 2 aromatic rings. The van der Waals surface area contributed by atoms with Gasteiger partial charge in [-0.1, -0.05) is 60.2 Å². The van der Waals surface area contributed by atoms with Gasteiger partial charge in [0.1, 0.15) is 0 Å². The number of aryl methyl sites for hydroxylation is 1. The molecule has 2 atom stereocenters. The Hall–Kier alpha value is -3.10. The van der Waals surface area contributed by atoms with Crippen LogP contribution in [-0.2, 0) is 19.7 Å². The number of nitrogens with zero attached hydrogens (tertiary/aromatic N) is 2. The van der Waals surface area contributed by atoms with Gasteiger partial charge in [-0.05, 0) is 25.3 Å². The maximum absolute atomic E-state index is 15.6. The van der Waals surface area contributed by atoms with Crippen molar-refractivity contribution in [3.63, 3.8) is 0 Å². The first kappa shape index (κ1) is 26.9. The van der Waals surface area contributed by atoms with Crippen molar-refractivity contribution < 1.29 is 23.5 Å². The number of carbonyl (C=O) groups is 3. The van der Waals surface area contributed by atoms with Gasteiger partial charge < -0.3 is 15.0 Å². The fraction of sp³-hybridized carbons (Fsp3) is 0.483. The van der Waals surface area contributed by atoms with Crippen LogP contribution in [-0.4, -0.2) is 79.1 Å². The first-order chi connectivity index (χ1) is 17.8. The summed E-state index contributed by atoms with van der Waals surface area (Å²) in [6.07, 6.45) is -0.629. The molecule has 0 saturated carbocycles. The lowest BCUT2D eigenvalue weighted by Gasteiger charge is -2.45. The molecule has 0 bridgehead atoms. The number of ether oxygens (including phenoxy) is 1. The third-order valence-corrected chi connectivity index (χ3v) is 7.51. The first-order valence-electron chi connectivity index (χ1n) is 13.0. The van der Waals surface area contributed by atoms with Crippen LogP contribution in [0.25, 0.3) is 0 Å². The average molecular weight is 510 g/mol. The van der Waals surface area contributed by atoms with E-state index in [0.29, 0.717) is 57.8 Å². The number of piperidine rings is 1. The highest BCUT2D eigenvalue weighted by molar-refractivity contribution is 6.01. The number of carbonyl (C=O) groups excluding carboxylic acids is 3. The Labute approximate surface area is 218 Å². The number of Topliss-reactive ketones (excluding diaryl/α,β-unsaturated/α-hetero) is 1. The van der Waals surface area contributed by atoms with Crippen LogP contribution in [0.1, 0.15) is 47.7 Å². The van der Waals surface area contributed by atoms with Crippen molar-refractivity contribution in [1.29, 1.82) is 0 Å². The van der Waals surface area contributed by atoms with Gasteiger partial charge in [0.05, 0.1) is 24.7 Å².